The summed E-state index contributed by atoms with van der Waals surface area (Å²) >= 11 is 0. The number of nitrogens with zero attached hydrogens (tertiary/aromatic N) is 4. The number of nitro groups is 1. The summed E-state index contributed by atoms with van der Waals surface area (Å²) in [6.45, 7) is 3.83. The van der Waals surface area contributed by atoms with Gasteiger partial charge in [0.05, 0.1) is 4.92 Å². The molecule has 1 saturated heterocycles. The molecule has 0 spiro atoms. The molecular formula is C12H19N5O2. The van der Waals surface area contributed by atoms with Gasteiger partial charge in [0.15, 0.2) is 0 Å². The van der Waals surface area contributed by atoms with Crippen molar-refractivity contribution in [3.8, 4) is 0 Å². The molecule has 7 nitrogen and oxygen atoms in total. The summed E-state index contributed by atoms with van der Waals surface area (Å²) in [7, 11) is 1.63. The Balaban J connectivity index is 2.28. The number of aromatic nitrogens is 2. The van der Waals surface area contributed by atoms with Crippen LogP contribution in [0.15, 0.2) is 6.33 Å². The van der Waals surface area contributed by atoms with Crippen LogP contribution in [-0.4, -0.2) is 35.0 Å². The van der Waals surface area contributed by atoms with Gasteiger partial charge in [-0.05, 0) is 18.8 Å². The summed E-state index contributed by atoms with van der Waals surface area (Å²) in [5.41, 5.74) is -0.0258. The third kappa shape index (κ3) is 2.74. The fraction of sp³-hybridized carbons (Fsp3) is 0.667. The van der Waals surface area contributed by atoms with E-state index in [-0.39, 0.29) is 11.5 Å². The van der Waals surface area contributed by atoms with Gasteiger partial charge in [-0.3, -0.25) is 10.1 Å². The summed E-state index contributed by atoms with van der Waals surface area (Å²) in [5, 5.41) is 14.0. The topological polar surface area (TPSA) is 84.2 Å². The van der Waals surface area contributed by atoms with Gasteiger partial charge in [-0.1, -0.05) is 13.3 Å². The van der Waals surface area contributed by atoms with Gasteiger partial charge >= 0.3 is 5.69 Å². The number of hydrogen-bond donors (Lipinski definition) is 1. The second kappa shape index (κ2) is 5.81. The van der Waals surface area contributed by atoms with Crippen molar-refractivity contribution >= 4 is 17.3 Å². The molecule has 1 aliphatic heterocycles. The average Bonchev–Trinajstić information content (AvgIpc) is 2.86. The molecule has 1 atom stereocenters. The third-order valence-corrected chi connectivity index (χ3v) is 3.50. The van der Waals surface area contributed by atoms with E-state index in [0.717, 1.165) is 32.4 Å². The van der Waals surface area contributed by atoms with E-state index in [1.165, 1.54) is 6.33 Å². The van der Waals surface area contributed by atoms with Gasteiger partial charge in [-0.25, -0.2) is 9.97 Å². The van der Waals surface area contributed by atoms with Crippen LogP contribution in [0.3, 0.4) is 0 Å². The van der Waals surface area contributed by atoms with Crippen LogP contribution in [0.4, 0.5) is 17.3 Å². The molecule has 104 valence electrons. The summed E-state index contributed by atoms with van der Waals surface area (Å²) in [4.78, 5) is 20.9. The highest BCUT2D eigenvalue weighted by Gasteiger charge is 2.31. The van der Waals surface area contributed by atoms with Gasteiger partial charge in [0.2, 0.25) is 11.6 Å². The van der Waals surface area contributed by atoms with Crippen LogP contribution in [0.5, 0.6) is 0 Å². The Kier molecular flexibility index (Phi) is 4.13. The molecular weight excluding hydrogens is 246 g/mol. The van der Waals surface area contributed by atoms with Crippen molar-refractivity contribution < 1.29 is 4.92 Å². The molecule has 1 aromatic heterocycles. The maximum absolute atomic E-state index is 11.2. The van der Waals surface area contributed by atoms with Crippen LogP contribution in [0.1, 0.15) is 26.2 Å². The highest BCUT2D eigenvalue weighted by molar-refractivity contribution is 5.70. The van der Waals surface area contributed by atoms with E-state index in [9.17, 15) is 10.1 Å². The molecule has 0 radical (unpaired) electrons. The molecule has 1 aromatic rings. The molecule has 2 heterocycles. The summed E-state index contributed by atoms with van der Waals surface area (Å²) in [5.74, 6) is 1.31. The van der Waals surface area contributed by atoms with Crippen LogP contribution < -0.4 is 10.2 Å². The Morgan fingerprint density at radius 2 is 2.37 bits per heavy atom. The van der Waals surface area contributed by atoms with E-state index < -0.39 is 4.92 Å². The largest absolute Gasteiger partial charge is 0.367 e. The molecule has 1 N–H and O–H groups in total. The molecule has 1 aliphatic rings. The van der Waals surface area contributed by atoms with E-state index in [0.29, 0.717) is 11.7 Å². The molecule has 0 aliphatic carbocycles. The minimum Gasteiger partial charge on any atom is -0.367 e. The highest BCUT2D eigenvalue weighted by atomic mass is 16.6. The second-order valence-electron chi connectivity index (χ2n) is 4.79. The van der Waals surface area contributed by atoms with Crippen molar-refractivity contribution in [2.45, 2.75) is 26.2 Å². The molecule has 0 bridgehead atoms. The Bertz CT molecular complexity index is 465. The Morgan fingerprint density at radius 3 is 3.00 bits per heavy atom. The van der Waals surface area contributed by atoms with Gasteiger partial charge in [0, 0.05) is 20.1 Å². The third-order valence-electron chi connectivity index (χ3n) is 3.50. The van der Waals surface area contributed by atoms with Gasteiger partial charge in [0.25, 0.3) is 0 Å². The maximum Gasteiger partial charge on any atom is 0.353 e. The monoisotopic (exact) mass is 265 g/mol. The zero-order valence-electron chi connectivity index (χ0n) is 11.3. The minimum atomic E-state index is -0.408. The van der Waals surface area contributed by atoms with E-state index in [1.807, 2.05) is 4.90 Å². The average molecular weight is 265 g/mol. The lowest BCUT2D eigenvalue weighted by atomic mass is 10.0. The van der Waals surface area contributed by atoms with E-state index >= 15 is 0 Å². The molecule has 1 unspecified atom stereocenters. The lowest BCUT2D eigenvalue weighted by molar-refractivity contribution is -0.383. The number of anilines is 2. The van der Waals surface area contributed by atoms with E-state index in [4.69, 9.17) is 0 Å². The first-order valence-electron chi connectivity index (χ1n) is 6.59. The quantitative estimate of drug-likeness (QED) is 0.648. The van der Waals surface area contributed by atoms with Crippen molar-refractivity contribution in [2.24, 2.45) is 5.92 Å². The maximum atomic E-state index is 11.2. The van der Waals surface area contributed by atoms with Crippen LogP contribution in [-0.2, 0) is 0 Å². The standard InChI is InChI=1S/C12H19N5O2/c1-3-4-9-5-6-16(7-9)12-10(17(18)19)11(13-2)14-8-15-12/h8-9H,3-7H2,1-2H3,(H,13,14,15). The van der Waals surface area contributed by atoms with E-state index in [1.54, 1.807) is 7.05 Å². The fourth-order valence-electron chi connectivity index (χ4n) is 2.62. The number of nitrogens with one attached hydrogen (secondary N) is 1. The smallest absolute Gasteiger partial charge is 0.353 e. The van der Waals surface area contributed by atoms with Crippen LogP contribution in [0.25, 0.3) is 0 Å². The summed E-state index contributed by atoms with van der Waals surface area (Å²) < 4.78 is 0. The Morgan fingerprint density at radius 1 is 1.58 bits per heavy atom. The van der Waals surface area contributed by atoms with E-state index in [2.05, 4.69) is 22.2 Å². The molecule has 19 heavy (non-hydrogen) atoms. The van der Waals surface area contributed by atoms with Crippen LogP contribution in [0.2, 0.25) is 0 Å². The highest BCUT2D eigenvalue weighted by Crippen LogP contribution is 2.34. The molecule has 2 rings (SSSR count). The van der Waals surface area contributed by atoms with Crippen molar-refractivity contribution in [1.29, 1.82) is 0 Å². The zero-order valence-corrected chi connectivity index (χ0v) is 11.3. The van der Waals surface area contributed by atoms with Gasteiger partial charge in [-0.2, -0.15) is 0 Å². The Hall–Kier alpha value is -1.92. The fourth-order valence-corrected chi connectivity index (χ4v) is 2.62. The molecule has 1 fully saturated rings. The first-order valence-corrected chi connectivity index (χ1v) is 6.59. The number of hydrogen-bond acceptors (Lipinski definition) is 6. The molecule has 7 heteroatoms. The Labute approximate surface area is 112 Å². The first-order chi connectivity index (χ1) is 9.17. The lowest BCUT2D eigenvalue weighted by Crippen LogP contribution is -2.22. The van der Waals surface area contributed by atoms with Crippen LogP contribution in [0, 0.1) is 16.0 Å². The predicted molar refractivity (Wildman–Crippen MR) is 73.5 cm³/mol. The number of rotatable bonds is 5. The van der Waals surface area contributed by atoms with Gasteiger partial charge in [-0.15, -0.1) is 0 Å². The lowest BCUT2D eigenvalue weighted by Gasteiger charge is -2.17. The molecule has 0 amide bonds. The molecule has 0 saturated carbocycles. The van der Waals surface area contributed by atoms with Gasteiger partial charge in [0.1, 0.15) is 6.33 Å². The predicted octanol–water partition coefficient (Wildman–Crippen LogP) is 2.05. The zero-order chi connectivity index (χ0) is 13.8. The minimum absolute atomic E-state index is 0.0258. The SMILES string of the molecule is CCCC1CCN(c2ncnc(NC)c2[N+](=O)[O-])C1. The summed E-state index contributed by atoms with van der Waals surface area (Å²) in [6, 6.07) is 0. The normalized spacial score (nSPS) is 18.6. The van der Waals surface area contributed by atoms with Crippen molar-refractivity contribution in [3.63, 3.8) is 0 Å². The van der Waals surface area contributed by atoms with Crippen molar-refractivity contribution in [1.82, 2.24) is 9.97 Å². The van der Waals surface area contributed by atoms with Crippen molar-refractivity contribution in [2.75, 3.05) is 30.4 Å². The molecule has 0 aromatic carbocycles. The first kappa shape index (κ1) is 13.5. The van der Waals surface area contributed by atoms with Crippen LogP contribution >= 0.6 is 0 Å². The van der Waals surface area contributed by atoms with Gasteiger partial charge < -0.3 is 10.2 Å². The van der Waals surface area contributed by atoms with Crippen molar-refractivity contribution in [3.05, 3.63) is 16.4 Å². The second-order valence-corrected chi connectivity index (χ2v) is 4.79. The summed E-state index contributed by atoms with van der Waals surface area (Å²) in [6.07, 6.45) is 4.76.